The summed E-state index contributed by atoms with van der Waals surface area (Å²) in [5, 5.41) is 13.5. The van der Waals surface area contributed by atoms with Crippen LogP contribution >= 0.6 is 0 Å². The van der Waals surface area contributed by atoms with Crippen LogP contribution in [0.15, 0.2) is 5.16 Å². The number of hydrogen-bond donors (Lipinski definition) is 3. The van der Waals surface area contributed by atoms with E-state index in [0.29, 0.717) is 12.8 Å². The summed E-state index contributed by atoms with van der Waals surface area (Å²) in [6.07, 6.45) is -2.70. The van der Waals surface area contributed by atoms with E-state index < -0.39 is 34.5 Å². The lowest BCUT2D eigenvalue weighted by Gasteiger charge is -2.31. The average Bonchev–Trinajstić information content (AvgIpc) is 2.36. The predicted molar refractivity (Wildman–Crippen MR) is 70.4 cm³/mol. The summed E-state index contributed by atoms with van der Waals surface area (Å²) in [5.74, 6) is -2.97. The normalized spacial score (nSPS) is 21.4. The highest BCUT2D eigenvalue weighted by Gasteiger charge is 2.43. The molecule has 124 valence electrons. The van der Waals surface area contributed by atoms with E-state index in [0.717, 1.165) is 6.26 Å². The largest absolute Gasteiger partial charge is 0.409 e. The van der Waals surface area contributed by atoms with Crippen molar-refractivity contribution >= 4 is 15.9 Å². The van der Waals surface area contributed by atoms with Crippen LogP contribution in [0, 0.1) is 5.92 Å². The number of amidine groups is 1. The number of hydrogen-bond acceptors (Lipinski definition) is 5. The lowest BCUT2D eigenvalue weighted by Crippen LogP contribution is -2.49. The highest BCUT2D eigenvalue weighted by atomic mass is 32.2. The first-order valence-corrected chi connectivity index (χ1v) is 8.13. The van der Waals surface area contributed by atoms with Crippen molar-refractivity contribution in [3.8, 4) is 0 Å². The molecule has 0 aliphatic carbocycles. The first-order valence-electron chi connectivity index (χ1n) is 6.28. The number of oxime groups is 1. The number of piperidine rings is 1. The van der Waals surface area contributed by atoms with E-state index in [1.54, 1.807) is 0 Å². The van der Waals surface area contributed by atoms with Crippen LogP contribution in [0.2, 0.25) is 0 Å². The molecule has 1 atom stereocenters. The summed E-state index contributed by atoms with van der Waals surface area (Å²) in [5.41, 5.74) is 5.05. The Bertz CT molecular complexity index is 472. The van der Waals surface area contributed by atoms with Gasteiger partial charge in [0.05, 0.1) is 6.26 Å². The van der Waals surface area contributed by atoms with E-state index in [1.165, 1.54) is 4.31 Å². The predicted octanol–water partition coefficient (Wildman–Crippen LogP) is -0.0751. The van der Waals surface area contributed by atoms with Crippen LogP contribution in [0.3, 0.4) is 0 Å². The molecular formula is C10H19F3N4O3S. The maximum Gasteiger partial charge on any atom is 0.400 e. The molecule has 0 aromatic heterocycles. The van der Waals surface area contributed by atoms with Crippen molar-refractivity contribution in [1.29, 1.82) is 0 Å². The molecule has 1 unspecified atom stereocenters. The third-order valence-electron chi connectivity index (χ3n) is 3.40. The second-order valence-electron chi connectivity index (χ2n) is 4.96. The van der Waals surface area contributed by atoms with E-state index in [9.17, 15) is 21.6 Å². The molecule has 0 saturated carbocycles. The number of nitrogens with one attached hydrogen (secondary N) is 1. The molecule has 0 radical (unpaired) electrons. The van der Waals surface area contributed by atoms with E-state index in [1.807, 2.05) is 0 Å². The minimum atomic E-state index is -4.61. The van der Waals surface area contributed by atoms with E-state index in [-0.39, 0.29) is 19.1 Å². The van der Waals surface area contributed by atoms with Crippen molar-refractivity contribution in [2.75, 3.05) is 25.9 Å². The summed E-state index contributed by atoms with van der Waals surface area (Å²) in [7, 11) is -3.27. The summed E-state index contributed by atoms with van der Waals surface area (Å²) in [6, 6.07) is -0.237. The Morgan fingerprint density at radius 3 is 2.38 bits per heavy atom. The van der Waals surface area contributed by atoms with Gasteiger partial charge in [-0.2, -0.15) is 13.2 Å². The van der Waals surface area contributed by atoms with Crippen molar-refractivity contribution in [3.05, 3.63) is 0 Å². The summed E-state index contributed by atoms with van der Waals surface area (Å²) < 4.78 is 62.1. The zero-order valence-electron chi connectivity index (χ0n) is 11.5. The molecule has 4 N–H and O–H groups in total. The number of halogens is 3. The molecular weight excluding hydrogens is 313 g/mol. The van der Waals surface area contributed by atoms with Gasteiger partial charge < -0.3 is 16.3 Å². The number of nitrogens with two attached hydrogens (primary N) is 1. The van der Waals surface area contributed by atoms with Crippen molar-refractivity contribution in [2.24, 2.45) is 16.8 Å². The highest BCUT2D eigenvalue weighted by molar-refractivity contribution is 7.88. The van der Waals surface area contributed by atoms with Gasteiger partial charge in [0, 0.05) is 25.7 Å². The molecule has 1 aliphatic rings. The average molecular weight is 332 g/mol. The molecule has 11 heteroatoms. The molecule has 1 saturated heterocycles. The SMILES string of the molecule is CS(=O)(=O)N1CCC(NCC(C(N)=NO)C(F)(F)F)CC1. The molecule has 7 nitrogen and oxygen atoms in total. The third kappa shape index (κ3) is 5.32. The molecule has 0 aromatic carbocycles. The second kappa shape index (κ2) is 6.79. The lowest BCUT2D eigenvalue weighted by atomic mass is 10.0. The Kier molecular flexibility index (Phi) is 5.82. The number of rotatable bonds is 5. The summed E-state index contributed by atoms with van der Waals surface area (Å²) in [6.45, 7) is 0.0104. The fourth-order valence-corrected chi connectivity index (χ4v) is 3.01. The topological polar surface area (TPSA) is 108 Å². The van der Waals surface area contributed by atoms with Gasteiger partial charge in [-0.15, -0.1) is 0 Å². The van der Waals surface area contributed by atoms with Crippen LogP contribution in [-0.4, -0.2) is 61.9 Å². The standard InChI is InChI=1S/C10H19F3N4O3S/c1-21(19,20)17-4-2-7(3-5-17)15-6-8(9(14)16-18)10(11,12)13/h7-8,15,18H,2-6H2,1H3,(H2,14,16). The molecule has 1 heterocycles. The molecule has 1 fully saturated rings. The minimum Gasteiger partial charge on any atom is -0.409 e. The Balaban J connectivity index is 2.53. The van der Waals surface area contributed by atoms with Crippen LogP contribution in [0.1, 0.15) is 12.8 Å². The van der Waals surface area contributed by atoms with Gasteiger partial charge in [-0.3, -0.25) is 0 Å². The third-order valence-corrected chi connectivity index (χ3v) is 4.70. The molecule has 1 rings (SSSR count). The molecule has 0 amide bonds. The van der Waals surface area contributed by atoms with Crippen LogP contribution in [0.5, 0.6) is 0 Å². The monoisotopic (exact) mass is 332 g/mol. The summed E-state index contributed by atoms with van der Waals surface area (Å²) in [4.78, 5) is 0. The lowest BCUT2D eigenvalue weighted by molar-refractivity contribution is -0.155. The number of sulfonamides is 1. The van der Waals surface area contributed by atoms with E-state index in [4.69, 9.17) is 10.9 Å². The van der Waals surface area contributed by atoms with Gasteiger partial charge in [-0.05, 0) is 12.8 Å². The van der Waals surface area contributed by atoms with Crippen LogP contribution < -0.4 is 11.1 Å². The molecule has 0 aromatic rings. The van der Waals surface area contributed by atoms with Gasteiger partial charge in [0.25, 0.3) is 0 Å². The molecule has 21 heavy (non-hydrogen) atoms. The molecule has 0 spiro atoms. The first kappa shape index (κ1) is 18.0. The maximum absolute atomic E-state index is 12.7. The van der Waals surface area contributed by atoms with Gasteiger partial charge in [-0.1, -0.05) is 5.16 Å². The van der Waals surface area contributed by atoms with Crippen molar-refractivity contribution in [3.63, 3.8) is 0 Å². The van der Waals surface area contributed by atoms with Crippen LogP contribution in [-0.2, 0) is 10.0 Å². The van der Waals surface area contributed by atoms with Gasteiger partial charge in [0.2, 0.25) is 10.0 Å². The quantitative estimate of drug-likeness (QED) is 0.283. The Labute approximate surface area is 121 Å². The molecule has 1 aliphatic heterocycles. The Morgan fingerprint density at radius 2 is 2.00 bits per heavy atom. The fraction of sp³-hybridized carbons (Fsp3) is 0.900. The maximum atomic E-state index is 12.7. The fourth-order valence-electron chi connectivity index (χ4n) is 2.13. The zero-order chi connectivity index (χ0) is 16.3. The first-order chi connectivity index (χ1) is 9.55. The second-order valence-corrected chi connectivity index (χ2v) is 6.95. The van der Waals surface area contributed by atoms with Gasteiger partial charge in [0.1, 0.15) is 5.92 Å². The van der Waals surface area contributed by atoms with E-state index in [2.05, 4.69) is 10.5 Å². The number of nitrogens with zero attached hydrogens (tertiary/aromatic N) is 2. The smallest absolute Gasteiger partial charge is 0.400 e. The van der Waals surface area contributed by atoms with Gasteiger partial charge >= 0.3 is 6.18 Å². The van der Waals surface area contributed by atoms with Gasteiger partial charge in [0.15, 0.2) is 5.84 Å². The highest BCUT2D eigenvalue weighted by Crippen LogP contribution is 2.26. The van der Waals surface area contributed by atoms with Crippen LogP contribution in [0.25, 0.3) is 0 Å². The molecule has 0 bridgehead atoms. The van der Waals surface area contributed by atoms with Crippen LogP contribution in [0.4, 0.5) is 13.2 Å². The van der Waals surface area contributed by atoms with Crippen molar-refractivity contribution in [1.82, 2.24) is 9.62 Å². The Hall–Kier alpha value is -1.07. The Morgan fingerprint density at radius 1 is 1.48 bits per heavy atom. The minimum absolute atomic E-state index is 0.237. The summed E-state index contributed by atoms with van der Waals surface area (Å²) >= 11 is 0. The van der Waals surface area contributed by atoms with Gasteiger partial charge in [-0.25, -0.2) is 12.7 Å². The zero-order valence-corrected chi connectivity index (χ0v) is 12.3. The van der Waals surface area contributed by atoms with Crippen molar-refractivity contribution < 1.29 is 26.8 Å². The van der Waals surface area contributed by atoms with E-state index >= 15 is 0 Å². The van der Waals surface area contributed by atoms with Crippen molar-refractivity contribution in [2.45, 2.75) is 25.1 Å². The number of alkyl halides is 3.